The maximum atomic E-state index is 11.6. The lowest BCUT2D eigenvalue weighted by atomic mass is 9.90. The number of aryl methyl sites for hydroxylation is 2. The predicted molar refractivity (Wildman–Crippen MR) is 61.8 cm³/mol. The Labute approximate surface area is 91.3 Å². The Hall–Kier alpha value is -1.84. The van der Waals surface area contributed by atoms with Crippen molar-refractivity contribution in [3.8, 4) is 0 Å². The zero-order chi connectivity index (χ0) is 11.1. The number of fused-ring (bicyclic) bond motifs is 2. The number of aromatic nitrogens is 2. The Morgan fingerprint density at radius 2 is 1.25 bits per heavy atom. The van der Waals surface area contributed by atoms with Gasteiger partial charge in [0.25, 0.3) is 11.1 Å². The van der Waals surface area contributed by atoms with Crippen molar-refractivity contribution in [1.82, 2.24) is 10.2 Å². The molecule has 0 saturated heterocycles. The average Bonchev–Trinajstić information content (AvgIpc) is 2.32. The number of benzene rings is 1. The second kappa shape index (κ2) is 3.33. The molecular weight excluding hydrogens is 204 g/mol. The minimum Gasteiger partial charge on any atom is -0.267 e. The fraction of sp³-hybridized carbons (Fsp3) is 0.333. The van der Waals surface area contributed by atoms with Gasteiger partial charge in [0.1, 0.15) is 0 Å². The molecule has 4 nitrogen and oxygen atoms in total. The third-order valence-corrected chi connectivity index (χ3v) is 3.26. The molecule has 0 atom stereocenters. The molecule has 2 aromatic rings. The summed E-state index contributed by atoms with van der Waals surface area (Å²) in [4.78, 5) is 23.2. The highest BCUT2D eigenvalue weighted by molar-refractivity contribution is 5.82. The molecule has 1 aliphatic rings. The van der Waals surface area contributed by atoms with Gasteiger partial charge in [-0.2, -0.15) is 0 Å². The monoisotopic (exact) mass is 216 g/mol. The van der Waals surface area contributed by atoms with E-state index in [0.29, 0.717) is 10.8 Å². The van der Waals surface area contributed by atoms with Gasteiger partial charge in [0.15, 0.2) is 0 Å². The van der Waals surface area contributed by atoms with Gasteiger partial charge in [-0.25, -0.2) is 0 Å². The lowest BCUT2D eigenvalue weighted by molar-refractivity contribution is 0.687. The second-order valence-electron chi connectivity index (χ2n) is 4.28. The van der Waals surface area contributed by atoms with E-state index < -0.39 is 0 Å². The molecule has 1 aromatic heterocycles. The fourth-order valence-electron chi connectivity index (χ4n) is 2.41. The Morgan fingerprint density at radius 1 is 0.812 bits per heavy atom. The minimum absolute atomic E-state index is 0.219. The number of aromatic amines is 2. The average molecular weight is 216 g/mol. The van der Waals surface area contributed by atoms with E-state index in [2.05, 4.69) is 10.2 Å². The summed E-state index contributed by atoms with van der Waals surface area (Å²) in [7, 11) is 0. The van der Waals surface area contributed by atoms with Gasteiger partial charge in [-0.3, -0.25) is 19.8 Å². The quantitative estimate of drug-likeness (QED) is 0.692. The summed E-state index contributed by atoms with van der Waals surface area (Å²) in [5, 5.41) is 5.72. The van der Waals surface area contributed by atoms with Gasteiger partial charge in [0, 0.05) is 0 Å². The molecule has 0 saturated carbocycles. The Morgan fingerprint density at radius 3 is 1.69 bits per heavy atom. The van der Waals surface area contributed by atoms with Gasteiger partial charge < -0.3 is 0 Å². The molecule has 1 aliphatic carbocycles. The van der Waals surface area contributed by atoms with Crippen molar-refractivity contribution in [2.75, 3.05) is 0 Å². The summed E-state index contributed by atoms with van der Waals surface area (Å²) in [6.45, 7) is 0. The SMILES string of the molecule is O=c1[nH][nH]c(=O)c2cc3c(cc12)CCCC3. The largest absolute Gasteiger partial charge is 0.270 e. The summed E-state index contributed by atoms with van der Waals surface area (Å²) in [6, 6.07) is 3.75. The van der Waals surface area contributed by atoms with Gasteiger partial charge in [0.2, 0.25) is 0 Å². The Kier molecular flexibility index (Phi) is 1.96. The Bertz CT molecular complexity index is 608. The van der Waals surface area contributed by atoms with Crippen LogP contribution in [0.2, 0.25) is 0 Å². The van der Waals surface area contributed by atoms with Crippen molar-refractivity contribution in [3.63, 3.8) is 0 Å². The number of rotatable bonds is 0. The molecule has 1 aromatic carbocycles. The zero-order valence-electron chi connectivity index (χ0n) is 8.80. The van der Waals surface area contributed by atoms with Crippen LogP contribution in [0, 0.1) is 0 Å². The Balaban J connectivity index is 2.44. The topological polar surface area (TPSA) is 65.7 Å². The van der Waals surface area contributed by atoms with E-state index in [1.54, 1.807) is 0 Å². The van der Waals surface area contributed by atoms with Crippen LogP contribution in [0.1, 0.15) is 24.0 Å². The first-order valence-corrected chi connectivity index (χ1v) is 5.52. The maximum Gasteiger partial charge on any atom is 0.270 e. The first-order chi connectivity index (χ1) is 7.75. The van der Waals surface area contributed by atoms with Gasteiger partial charge in [-0.15, -0.1) is 0 Å². The fourth-order valence-corrected chi connectivity index (χ4v) is 2.41. The molecule has 16 heavy (non-hydrogen) atoms. The molecule has 82 valence electrons. The van der Waals surface area contributed by atoms with Crippen molar-refractivity contribution in [2.24, 2.45) is 0 Å². The van der Waals surface area contributed by atoms with Crippen LogP contribution in [0.5, 0.6) is 0 Å². The van der Waals surface area contributed by atoms with Crippen LogP contribution in [-0.2, 0) is 12.8 Å². The highest BCUT2D eigenvalue weighted by Crippen LogP contribution is 2.23. The van der Waals surface area contributed by atoms with Crippen molar-refractivity contribution in [3.05, 3.63) is 44.0 Å². The molecule has 0 unspecified atom stereocenters. The molecular formula is C12H12N2O2. The molecule has 4 heteroatoms. The predicted octanol–water partition coefficient (Wildman–Crippen LogP) is 1.10. The number of nitrogens with one attached hydrogen (secondary N) is 2. The van der Waals surface area contributed by atoms with E-state index in [0.717, 1.165) is 12.8 Å². The molecule has 2 N–H and O–H groups in total. The number of hydrogen-bond acceptors (Lipinski definition) is 2. The van der Waals surface area contributed by atoms with Crippen LogP contribution in [0.3, 0.4) is 0 Å². The minimum atomic E-state index is -0.219. The third kappa shape index (κ3) is 1.30. The van der Waals surface area contributed by atoms with Gasteiger partial charge in [-0.1, -0.05) is 0 Å². The molecule has 1 heterocycles. The molecule has 0 amide bonds. The van der Waals surface area contributed by atoms with Gasteiger partial charge >= 0.3 is 0 Å². The highest BCUT2D eigenvalue weighted by atomic mass is 16.1. The zero-order valence-corrected chi connectivity index (χ0v) is 8.80. The highest BCUT2D eigenvalue weighted by Gasteiger charge is 2.12. The molecule has 0 bridgehead atoms. The lowest BCUT2D eigenvalue weighted by Gasteiger charge is -2.15. The van der Waals surface area contributed by atoms with E-state index >= 15 is 0 Å². The van der Waals surface area contributed by atoms with E-state index in [-0.39, 0.29) is 11.1 Å². The molecule has 0 aliphatic heterocycles. The summed E-state index contributed by atoms with van der Waals surface area (Å²) in [6.07, 6.45) is 4.36. The van der Waals surface area contributed by atoms with Crippen molar-refractivity contribution in [1.29, 1.82) is 0 Å². The molecule has 0 spiro atoms. The third-order valence-electron chi connectivity index (χ3n) is 3.26. The van der Waals surface area contributed by atoms with Crippen LogP contribution < -0.4 is 11.1 Å². The van der Waals surface area contributed by atoms with Crippen LogP contribution in [0.4, 0.5) is 0 Å². The van der Waals surface area contributed by atoms with Crippen molar-refractivity contribution in [2.45, 2.75) is 25.7 Å². The summed E-state index contributed by atoms with van der Waals surface area (Å²) in [5.74, 6) is 0. The molecule has 0 radical (unpaired) electrons. The van der Waals surface area contributed by atoms with Crippen molar-refractivity contribution < 1.29 is 0 Å². The summed E-state index contributed by atoms with van der Waals surface area (Å²) >= 11 is 0. The van der Waals surface area contributed by atoms with Crippen molar-refractivity contribution >= 4 is 10.8 Å². The number of H-pyrrole nitrogens is 2. The van der Waals surface area contributed by atoms with E-state index in [1.807, 2.05) is 12.1 Å². The summed E-state index contributed by atoms with van der Waals surface area (Å²) in [5.41, 5.74) is 2.00. The first kappa shape index (κ1) is 9.39. The van der Waals surface area contributed by atoms with Gasteiger partial charge in [-0.05, 0) is 48.9 Å². The molecule has 3 rings (SSSR count). The summed E-state index contributed by atoms with van der Waals surface area (Å²) < 4.78 is 0. The standard InChI is InChI=1S/C12H12N2O2/c15-11-9-5-7-3-1-2-4-8(7)6-10(9)12(16)14-13-11/h5-6H,1-4H2,(H,13,15)(H,14,16). The van der Waals surface area contributed by atoms with Crippen LogP contribution in [0.25, 0.3) is 10.8 Å². The molecule has 0 fully saturated rings. The van der Waals surface area contributed by atoms with Crippen LogP contribution >= 0.6 is 0 Å². The lowest BCUT2D eigenvalue weighted by Crippen LogP contribution is -2.20. The smallest absolute Gasteiger partial charge is 0.267 e. The normalized spacial score (nSPS) is 15.0. The van der Waals surface area contributed by atoms with E-state index in [1.165, 1.54) is 24.0 Å². The van der Waals surface area contributed by atoms with E-state index in [4.69, 9.17) is 0 Å². The first-order valence-electron chi connectivity index (χ1n) is 5.52. The van der Waals surface area contributed by atoms with Crippen LogP contribution in [-0.4, -0.2) is 10.2 Å². The van der Waals surface area contributed by atoms with Gasteiger partial charge in [0.05, 0.1) is 10.8 Å². The second-order valence-corrected chi connectivity index (χ2v) is 4.28. The van der Waals surface area contributed by atoms with Crippen LogP contribution in [0.15, 0.2) is 21.7 Å². The van der Waals surface area contributed by atoms with E-state index in [9.17, 15) is 9.59 Å². The number of hydrogen-bond donors (Lipinski definition) is 2. The maximum absolute atomic E-state index is 11.6.